The number of aromatic nitrogens is 2. The van der Waals surface area contributed by atoms with E-state index in [4.69, 9.17) is 16.2 Å². The van der Waals surface area contributed by atoms with Crippen LogP contribution < -0.4 is 16.8 Å². The number of thioether (sulfide) groups is 1. The standard InChI is InChI=1S/C14H15N5O4S2/c1-2-23-13(22)8-5-17-14(19-10(8)15)25-6-9(20)18-12-7(11(16)21)3-4-24-12/h3-5H,2,6H2,1H3,(H2,16,21)(H,18,20)(H2,15,17,19). The molecule has 0 spiro atoms. The van der Waals surface area contributed by atoms with Crippen molar-refractivity contribution in [2.45, 2.75) is 12.1 Å². The fourth-order valence-electron chi connectivity index (χ4n) is 1.71. The Kier molecular flexibility index (Phi) is 6.31. The van der Waals surface area contributed by atoms with E-state index in [9.17, 15) is 14.4 Å². The predicted molar refractivity (Wildman–Crippen MR) is 94.6 cm³/mol. The van der Waals surface area contributed by atoms with Crippen LogP contribution in [0.1, 0.15) is 27.6 Å². The summed E-state index contributed by atoms with van der Waals surface area (Å²) in [7, 11) is 0. The molecule has 0 aromatic carbocycles. The van der Waals surface area contributed by atoms with Crippen LogP contribution in [-0.2, 0) is 9.53 Å². The number of nitrogens with two attached hydrogens (primary N) is 2. The maximum Gasteiger partial charge on any atom is 0.343 e. The first-order valence-corrected chi connectivity index (χ1v) is 8.88. The number of carbonyl (C=O) groups excluding carboxylic acids is 3. The van der Waals surface area contributed by atoms with Crippen molar-refractivity contribution in [3.05, 3.63) is 28.8 Å². The van der Waals surface area contributed by atoms with Gasteiger partial charge in [0.25, 0.3) is 5.91 Å². The number of nitrogens with zero attached hydrogens (tertiary/aromatic N) is 2. The van der Waals surface area contributed by atoms with Gasteiger partial charge in [0, 0.05) is 6.20 Å². The van der Waals surface area contributed by atoms with E-state index in [0.717, 1.165) is 11.8 Å². The lowest BCUT2D eigenvalue weighted by Gasteiger charge is -2.06. The minimum Gasteiger partial charge on any atom is -0.462 e. The number of rotatable bonds is 7. The molecular weight excluding hydrogens is 366 g/mol. The zero-order valence-electron chi connectivity index (χ0n) is 13.1. The predicted octanol–water partition coefficient (Wildman–Crippen LogP) is 1.13. The number of thiophene rings is 1. The Labute approximate surface area is 151 Å². The number of carbonyl (C=O) groups is 3. The first kappa shape index (κ1) is 18.7. The van der Waals surface area contributed by atoms with Gasteiger partial charge in [-0.25, -0.2) is 14.8 Å². The van der Waals surface area contributed by atoms with E-state index in [-0.39, 0.29) is 40.4 Å². The second-order valence-electron chi connectivity index (χ2n) is 4.54. The summed E-state index contributed by atoms with van der Waals surface area (Å²) < 4.78 is 4.83. The molecule has 132 valence electrons. The zero-order chi connectivity index (χ0) is 18.4. The van der Waals surface area contributed by atoms with Crippen molar-refractivity contribution in [2.24, 2.45) is 5.73 Å². The summed E-state index contributed by atoms with van der Waals surface area (Å²) in [6.45, 7) is 1.89. The molecule has 0 saturated heterocycles. The van der Waals surface area contributed by atoms with Crippen LogP contribution in [0, 0.1) is 0 Å². The lowest BCUT2D eigenvalue weighted by Crippen LogP contribution is -2.18. The van der Waals surface area contributed by atoms with Crippen LogP contribution in [0.2, 0.25) is 0 Å². The van der Waals surface area contributed by atoms with Crippen LogP contribution in [0.3, 0.4) is 0 Å². The van der Waals surface area contributed by atoms with E-state index in [0.29, 0.717) is 5.00 Å². The molecule has 2 heterocycles. The summed E-state index contributed by atoms with van der Waals surface area (Å²) in [6.07, 6.45) is 1.25. The number of nitrogens with one attached hydrogen (secondary N) is 1. The number of hydrogen-bond donors (Lipinski definition) is 3. The second-order valence-corrected chi connectivity index (χ2v) is 6.40. The van der Waals surface area contributed by atoms with E-state index < -0.39 is 11.9 Å². The van der Waals surface area contributed by atoms with Crippen molar-refractivity contribution >= 4 is 51.7 Å². The van der Waals surface area contributed by atoms with Gasteiger partial charge in [0.1, 0.15) is 16.4 Å². The fourth-order valence-corrected chi connectivity index (χ4v) is 3.14. The number of hydrogen-bond acceptors (Lipinski definition) is 9. The first-order valence-electron chi connectivity index (χ1n) is 7.02. The molecule has 25 heavy (non-hydrogen) atoms. The number of anilines is 2. The summed E-state index contributed by atoms with van der Waals surface area (Å²) in [4.78, 5) is 42.7. The van der Waals surface area contributed by atoms with Gasteiger partial charge in [-0.15, -0.1) is 11.3 Å². The maximum absolute atomic E-state index is 12.0. The summed E-state index contributed by atoms with van der Waals surface area (Å²) in [5, 5.41) is 4.88. The van der Waals surface area contributed by atoms with E-state index >= 15 is 0 Å². The largest absolute Gasteiger partial charge is 0.462 e. The van der Waals surface area contributed by atoms with Crippen LogP contribution in [0.25, 0.3) is 0 Å². The molecule has 2 aromatic rings. The van der Waals surface area contributed by atoms with Gasteiger partial charge in [-0.2, -0.15) is 0 Å². The molecule has 5 N–H and O–H groups in total. The zero-order valence-corrected chi connectivity index (χ0v) is 14.8. The normalized spacial score (nSPS) is 10.3. The monoisotopic (exact) mass is 381 g/mol. The molecule has 2 rings (SSSR count). The molecule has 2 aromatic heterocycles. The molecule has 0 bridgehead atoms. The van der Waals surface area contributed by atoms with Gasteiger partial charge in [0.05, 0.1) is 17.9 Å². The Balaban J connectivity index is 1.95. The fraction of sp³-hybridized carbons (Fsp3) is 0.214. The lowest BCUT2D eigenvalue weighted by atomic mass is 10.3. The van der Waals surface area contributed by atoms with Crippen molar-refractivity contribution < 1.29 is 19.1 Å². The van der Waals surface area contributed by atoms with Gasteiger partial charge >= 0.3 is 5.97 Å². The molecule has 11 heteroatoms. The average molecular weight is 381 g/mol. The Morgan fingerprint density at radius 1 is 1.36 bits per heavy atom. The quantitative estimate of drug-likeness (QED) is 0.367. The lowest BCUT2D eigenvalue weighted by molar-refractivity contribution is -0.113. The Morgan fingerprint density at radius 3 is 2.76 bits per heavy atom. The molecule has 0 aliphatic heterocycles. The third-order valence-corrected chi connectivity index (χ3v) is 4.50. The average Bonchev–Trinajstić information content (AvgIpc) is 3.01. The number of nitrogen functional groups attached to an aromatic ring is 1. The summed E-state index contributed by atoms with van der Waals surface area (Å²) in [5.74, 6) is -1.60. The van der Waals surface area contributed by atoms with Crippen LogP contribution in [0.5, 0.6) is 0 Å². The minimum absolute atomic E-state index is 0.00566. The number of amides is 2. The molecule has 0 unspecified atom stereocenters. The van der Waals surface area contributed by atoms with Crippen LogP contribution in [0.15, 0.2) is 22.8 Å². The van der Waals surface area contributed by atoms with Crippen molar-refractivity contribution in [1.82, 2.24) is 9.97 Å². The minimum atomic E-state index is -0.616. The second kappa shape index (κ2) is 8.44. The molecule has 0 aliphatic carbocycles. The topological polar surface area (TPSA) is 150 Å². The van der Waals surface area contributed by atoms with Gasteiger partial charge in [0.15, 0.2) is 5.16 Å². The Morgan fingerprint density at radius 2 is 2.12 bits per heavy atom. The molecule has 2 amide bonds. The Hall–Kier alpha value is -2.66. The van der Waals surface area contributed by atoms with Crippen molar-refractivity contribution in [1.29, 1.82) is 0 Å². The summed E-state index contributed by atoms with van der Waals surface area (Å²) in [6, 6.07) is 1.54. The third kappa shape index (κ3) is 4.90. The summed E-state index contributed by atoms with van der Waals surface area (Å²) >= 11 is 2.23. The Bertz CT molecular complexity index is 808. The van der Waals surface area contributed by atoms with E-state index in [2.05, 4.69) is 15.3 Å². The molecule has 0 radical (unpaired) electrons. The number of primary amides is 1. The maximum atomic E-state index is 12.0. The highest BCUT2D eigenvalue weighted by molar-refractivity contribution is 7.99. The number of esters is 1. The van der Waals surface area contributed by atoms with Crippen LogP contribution >= 0.6 is 23.1 Å². The van der Waals surface area contributed by atoms with Crippen LogP contribution in [0.4, 0.5) is 10.8 Å². The van der Waals surface area contributed by atoms with Gasteiger partial charge in [-0.1, -0.05) is 11.8 Å². The van der Waals surface area contributed by atoms with Crippen molar-refractivity contribution in [3.8, 4) is 0 Å². The van der Waals surface area contributed by atoms with E-state index in [1.54, 1.807) is 12.3 Å². The smallest absolute Gasteiger partial charge is 0.343 e. The molecule has 0 aliphatic rings. The SMILES string of the molecule is CCOC(=O)c1cnc(SCC(=O)Nc2sccc2C(N)=O)nc1N. The van der Waals surface area contributed by atoms with Gasteiger partial charge in [-0.3, -0.25) is 9.59 Å². The van der Waals surface area contributed by atoms with E-state index in [1.807, 2.05) is 0 Å². The third-order valence-electron chi connectivity index (χ3n) is 2.81. The first-order chi connectivity index (χ1) is 11.9. The van der Waals surface area contributed by atoms with Crippen molar-refractivity contribution in [2.75, 3.05) is 23.4 Å². The highest BCUT2D eigenvalue weighted by Gasteiger charge is 2.16. The molecular formula is C14H15N5O4S2. The molecule has 0 fully saturated rings. The van der Waals surface area contributed by atoms with Crippen LogP contribution in [-0.4, -0.2) is 40.1 Å². The van der Waals surface area contributed by atoms with Gasteiger partial charge < -0.3 is 21.5 Å². The summed E-state index contributed by atoms with van der Waals surface area (Å²) in [5.41, 5.74) is 11.2. The van der Waals surface area contributed by atoms with E-state index in [1.165, 1.54) is 23.6 Å². The van der Waals surface area contributed by atoms with Gasteiger partial charge in [-0.05, 0) is 18.4 Å². The molecule has 9 nitrogen and oxygen atoms in total. The highest BCUT2D eigenvalue weighted by atomic mass is 32.2. The molecule has 0 atom stereocenters. The highest BCUT2D eigenvalue weighted by Crippen LogP contribution is 2.23. The number of ether oxygens (including phenoxy) is 1. The van der Waals surface area contributed by atoms with Gasteiger partial charge in [0.2, 0.25) is 5.91 Å². The molecule has 0 saturated carbocycles. The van der Waals surface area contributed by atoms with Crippen molar-refractivity contribution in [3.63, 3.8) is 0 Å².